The van der Waals surface area contributed by atoms with E-state index < -0.39 is 0 Å². The average molecular weight is 508 g/mol. The maximum Gasteiger partial charge on any atom is 0.253 e. The molecule has 0 aromatic heterocycles. The lowest BCUT2D eigenvalue weighted by molar-refractivity contribution is 0.0827. The van der Waals surface area contributed by atoms with Crippen LogP contribution in [0.5, 0.6) is 0 Å². The van der Waals surface area contributed by atoms with Gasteiger partial charge in [-0.1, -0.05) is 35.9 Å². The van der Waals surface area contributed by atoms with Crippen molar-refractivity contribution in [2.45, 2.75) is 26.7 Å². The van der Waals surface area contributed by atoms with Gasteiger partial charge in [-0.25, -0.2) is 0 Å². The third-order valence-corrected chi connectivity index (χ3v) is 4.69. The van der Waals surface area contributed by atoms with Gasteiger partial charge in [0.15, 0.2) is 5.96 Å². The zero-order valence-electron chi connectivity index (χ0n) is 18.1. The Morgan fingerprint density at radius 1 is 1.00 bits per heavy atom. The molecule has 0 aliphatic carbocycles. The fourth-order valence-corrected chi connectivity index (χ4v) is 3.11. The molecule has 0 unspecified atom stereocenters. The zero-order valence-corrected chi connectivity index (χ0v) is 20.4. The summed E-state index contributed by atoms with van der Waals surface area (Å²) in [6.45, 7) is 5.86. The van der Waals surface area contributed by atoms with Gasteiger partial charge in [-0.3, -0.25) is 9.79 Å². The van der Waals surface area contributed by atoms with Gasteiger partial charge in [-0.15, -0.1) is 24.0 Å². The lowest BCUT2D eigenvalue weighted by atomic mass is 10.0. The summed E-state index contributed by atoms with van der Waals surface area (Å²) in [6.07, 6.45) is 1.79. The number of hydrogen-bond donors (Lipinski definition) is 2. The largest absolute Gasteiger partial charge is 0.356 e. The molecule has 29 heavy (non-hydrogen) atoms. The normalized spacial score (nSPS) is 10.9. The first kappa shape index (κ1) is 24.9. The Kier molecular flexibility index (Phi) is 10.7. The average Bonchev–Trinajstić information content (AvgIpc) is 2.67. The molecule has 158 valence electrons. The molecule has 0 heterocycles. The molecule has 0 saturated heterocycles. The fraction of sp³-hybridized carbons (Fsp3) is 0.391. The van der Waals surface area contributed by atoms with Crippen molar-refractivity contribution < 1.29 is 4.79 Å². The number of aryl methyl sites for hydroxylation is 2. The van der Waals surface area contributed by atoms with Gasteiger partial charge < -0.3 is 15.5 Å². The summed E-state index contributed by atoms with van der Waals surface area (Å²) < 4.78 is 0. The first-order valence-electron chi connectivity index (χ1n) is 9.72. The third kappa shape index (κ3) is 8.04. The number of benzene rings is 2. The van der Waals surface area contributed by atoms with Crippen molar-refractivity contribution in [3.8, 4) is 0 Å². The smallest absolute Gasteiger partial charge is 0.253 e. The fourth-order valence-electron chi connectivity index (χ4n) is 3.11. The van der Waals surface area contributed by atoms with Crippen LogP contribution in [-0.2, 0) is 12.8 Å². The highest BCUT2D eigenvalue weighted by molar-refractivity contribution is 14.0. The van der Waals surface area contributed by atoms with Crippen molar-refractivity contribution in [2.24, 2.45) is 4.99 Å². The van der Waals surface area contributed by atoms with E-state index in [1.807, 2.05) is 24.3 Å². The zero-order chi connectivity index (χ0) is 20.5. The van der Waals surface area contributed by atoms with Gasteiger partial charge in [0.2, 0.25) is 0 Å². The Hall–Kier alpha value is -2.09. The molecule has 0 saturated carbocycles. The summed E-state index contributed by atoms with van der Waals surface area (Å²) in [5.41, 5.74) is 5.83. The molecule has 0 aliphatic heterocycles. The van der Waals surface area contributed by atoms with Gasteiger partial charge in [0.05, 0.1) is 0 Å². The van der Waals surface area contributed by atoms with Crippen LogP contribution in [0.1, 0.15) is 32.6 Å². The van der Waals surface area contributed by atoms with Crippen LogP contribution in [-0.4, -0.2) is 51.0 Å². The van der Waals surface area contributed by atoms with Crippen LogP contribution in [0, 0.1) is 13.8 Å². The van der Waals surface area contributed by atoms with E-state index in [1.165, 1.54) is 16.7 Å². The Balaban J connectivity index is 0.00000420. The number of rotatable bonds is 7. The lowest BCUT2D eigenvalue weighted by Crippen LogP contribution is -2.39. The first-order valence-corrected chi connectivity index (χ1v) is 9.72. The molecule has 6 heteroatoms. The summed E-state index contributed by atoms with van der Waals surface area (Å²) in [5.74, 6) is 0.823. The maximum atomic E-state index is 12.1. The Labute approximate surface area is 192 Å². The molecule has 0 spiro atoms. The highest BCUT2D eigenvalue weighted by Crippen LogP contribution is 2.10. The number of halogens is 1. The Bertz CT molecular complexity index is 833. The predicted octanol–water partition coefficient (Wildman–Crippen LogP) is 3.57. The van der Waals surface area contributed by atoms with Crippen molar-refractivity contribution in [2.75, 3.05) is 34.2 Å². The molecular formula is C23H33IN4O. The van der Waals surface area contributed by atoms with Gasteiger partial charge >= 0.3 is 0 Å². The summed E-state index contributed by atoms with van der Waals surface area (Å²) in [4.78, 5) is 18.0. The Morgan fingerprint density at radius 3 is 2.31 bits per heavy atom. The monoisotopic (exact) mass is 508 g/mol. The second-order valence-corrected chi connectivity index (χ2v) is 7.26. The molecule has 0 radical (unpaired) electrons. The van der Waals surface area contributed by atoms with Crippen molar-refractivity contribution in [1.82, 2.24) is 15.5 Å². The minimum absolute atomic E-state index is 0. The van der Waals surface area contributed by atoms with Crippen molar-refractivity contribution in [1.29, 1.82) is 0 Å². The molecule has 5 nitrogen and oxygen atoms in total. The number of hydrogen-bond acceptors (Lipinski definition) is 2. The summed E-state index contributed by atoms with van der Waals surface area (Å²) in [5, 5.41) is 6.71. The Morgan fingerprint density at radius 2 is 1.69 bits per heavy atom. The van der Waals surface area contributed by atoms with Crippen molar-refractivity contribution in [3.05, 3.63) is 70.3 Å². The molecule has 0 aliphatic rings. The highest BCUT2D eigenvalue weighted by Gasteiger charge is 2.08. The SMILES string of the molecule is CN=C(NCCc1cccc(C(=O)N(C)C)c1)NCCc1ccc(C)cc1C.I. The van der Waals surface area contributed by atoms with Gasteiger partial charge in [0.1, 0.15) is 0 Å². The molecular weight excluding hydrogens is 475 g/mol. The topological polar surface area (TPSA) is 56.7 Å². The van der Waals surface area contributed by atoms with E-state index in [0.29, 0.717) is 0 Å². The van der Waals surface area contributed by atoms with Crippen LogP contribution in [0.15, 0.2) is 47.5 Å². The minimum atomic E-state index is 0. The third-order valence-electron chi connectivity index (χ3n) is 4.69. The van der Waals surface area contributed by atoms with Crippen LogP contribution in [0.3, 0.4) is 0 Å². The van der Waals surface area contributed by atoms with E-state index in [4.69, 9.17) is 0 Å². The molecule has 2 aromatic rings. The van der Waals surface area contributed by atoms with Crippen molar-refractivity contribution in [3.63, 3.8) is 0 Å². The van der Waals surface area contributed by atoms with E-state index >= 15 is 0 Å². The standard InChI is InChI=1S/C23H32N4O.HI/c1-17-9-10-20(18(2)15-17)12-14-26-23(24-3)25-13-11-19-7-6-8-21(16-19)22(28)27(4)5;/h6-10,15-16H,11-14H2,1-5H3,(H2,24,25,26);1H. The molecule has 2 rings (SSSR count). The summed E-state index contributed by atoms with van der Waals surface area (Å²) in [6, 6.07) is 14.4. The number of amides is 1. The highest BCUT2D eigenvalue weighted by atomic mass is 127. The molecule has 0 atom stereocenters. The van der Waals surface area contributed by atoms with Crippen LogP contribution < -0.4 is 10.6 Å². The first-order chi connectivity index (χ1) is 13.4. The number of carbonyl (C=O) groups excluding carboxylic acids is 1. The minimum Gasteiger partial charge on any atom is -0.356 e. The second-order valence-electron chi connectivity index (χ2n) is 7.26. The second kappa shape index (κ2) is 12.5. The maximum absolute atomic E-state index is 12.1. The van der Waals surface area contributed by atoms with Crippen molar-refractivity contribution >= 4 is 35.8 Å². The number of nitrogens with zero attached hydrogens (tertiary/aromatic N) is 2. The molecule has 0 bridgehead atoms. The van der Waals surface area contributed by atoms with E-state index in [1.54, 1.807) is 26.0 Å². The predicted molar refractivity (Wildman–Crippen MR) is 133 cm³/mol. The summed E-state index contributed by atoms with van der Waals surface area (Å²) >= 11 is 0. The molecule has 1 amide bonds. The van der Waals surface area contributed by atoms with Gasteiger partial charge in [0.25, 0.3) is 5.91 Å². The molecule has 0 fully saturated rings. The molecule has 2 N–H and O–H groups in total. The summed E-state index contributed by atoms with van der Waals surface area (Å²) in [7, 11) is 5.32. The van der Waals surface area contributed by atoms with Gasteiger partial charge in [-0.2, -0.15) is 0 Å². The van der Waals surface area contributed by atoms with E-state index in [2.05, 4.69) is 47.7 Å². The van der Waals surface area contributed by atoms with Gasteiger partial charge in [0, 0.05) is 39.8 Å². The van der Waals surface area contributed by atoms with Crippen LogP contribution in [0.2, 0.25) is 0 Å². The quantitative estimate of drug-likeness (QED) is 0.342. The lowest BCUT2D eigenvalue weighted by Gasteiger charge is -2.14. The van der Waals surface area contributed by atoms with E-state index in [9.17, 15) is 4.79 Å². The number of carbonyl (C=O) groups is 1. The number of aliphatic imine (C=N–C) groups is 1. The van der Waals surface area contributed by atoms with E-state index in [0.717, 1.165) is 43.0 Å². The van der Waals surface area contributed by atoms with Gasteiger partial charge in [-0.05, 0) is 55.5 Å². The number of nitrogens with one attached hydrogen (secondary N) is 2. The van der Waals surface area contributed by atoms with Crippen LogP contribution in [0.4, 0.5) is 0 Å². The van der Waals surface area contributed by atoms with Crippen LogP contribution >= 0.6 is 24.0 Å². The van der Waals surface area contributed by atoms with Crippen LogP contribution in [0.25, 0.3) is 0 Å². The molecule has 2 aromatic carbocycles. The number of guanidine groups is 1. The van der Waals surface area contributed by atoms with E-state index in [-0.39, 0.29) is 29.9 Å².